The first-order valence-electron chi connectivity index (χ1n) is 6.11. The van der Waals surface area contributed by atoms with Crippen LogP contribution in [0.4, 0.5) is 4.39 Å². The van der Waals surface area contributed by atoms with Crippen LogP contribution in [0.15, 0.2) is 35.5 Å². The second-order valence-electron chi connectivity index (χ2n) is 5.12. The molecule has 5 nitrogen and oxygen atoms in total. The quantitative estimate of drug-likeness (QED) is 0.935. The second kappa shape index (κ2) is 5.40. The van der Waals surface area contributed by atoms with Gasteiger partial charge < -0.3 is 0 Å². The summed E-state index contributed by atoms with van der Waals surface area (Å²) < 4.78 is 42.6. The van der Waals surface area contributed by atoms with Gasteiger partial charge in [0.25, 0.3) is 10.0 Å². The maximum atomic E-state index is 14.1. The van der Waals surface area contributed by atoms with Crippen molar-refractivity contribution in [2.24, 2.45) is 7.05 Å². The Hall–Kier alpha value is -1.44. The molecule has 0 amide bonds. The van der Waals surface area contributed by atoms with E-state index in [0.717, 1.165) is 0 Å². The van der Waals surface area contributed by atoms with Gasteiger partial charge >= 0.3 is 0 Å². The average molecular weight is 332 g/mol. The molecule has 0 aliphatic heterocycles. The molecule has 1 N–H and O–H groups in total. The average Bonchev–Trinajstić information content (AvgIpc) is 2.78. The van der Waals surface area contributed by atoms with Crippen LogP contribution in [0, 0.1) is 5.82 Å². The lowest BCUT2D eigenvalue weighted by Gasteiger charge is -2.27. The van der Waals surface area contributed by atoms with Gasteiger partial charge in [-0.05, 0) is 26.0 Å². The van der Waals surface area contributed by atoms with E-state index in [-0.39, 0.29) is 15.6 Å². The molecule has 0 fully saturated rings. The van der Waals surface area contributed by atoms with E-state index in [4.69, 9.17) is 11.6 Å². The molecule has 0 aliphatic carbocycles. The molecule has 21 heavy (non-hydrogen) atoms. The number of hydrogen-bond donors (Lipinski definition) is 1. The first-order valence-corrected chi connectivity index (χ1v) is 7.98. The summed E-state index contributed by atoms with van der Waals surface area (Å²) >= 11 is 5.75. The van der Waals surface area contributed by atoms with Gasteiger partial charge in [0.15, 0.2) is 5.03 Å². The minimum Gasteiger partial charge on any atom is -0.256 e. The number of aryl methyl sites for hydroxylation is 1. The maximum Gasteiger partial charge on any atom is 0.258 e. The number of nitrogens with one attached hydrogen (secondary N) is 1. The number of aromatic nitrogens is 2. The summed E-state index contributed by atoms with van der Waals surface area (Å²) in [5, 5.41) is 3.76. The number of rotatable bonds is 4. The van der Waals surface area contributed by atoms with Crippen molar-refractivity contribution in [1.29, 1.82) is 0 Å². The lowest BCUT2D eigenvalue weighted by Crippen LogP contribution is -2.42. The van der Waals surface area contributed by atoms with Crippen molar-refractivity contribution >= 4 is 21.6 Å². The third kappa shape index (κ3) is 3.09. The van der Waals surface area contributed by atoms with Gasteiger partial charge in [0.05, 0.1) is 16.8 Å². The molecule has 2 aromatic rings. The van der Waals surface area contributed by atoms with Crippen molar-refractivity contribution in [3.05, 3.63) is 46.9 Å². The highest BCUT2D eigenvalue weighted by molar-refractivity contribution is 7.89. The Morgan fingerprint density at radius 1 is 1.33 bits per heavy atom. The topological polar surface area (TPSA) is 64.0 Å². The van der Waals surface area contributed by atoms with Crippen molar-refractivity contribution < 1.29 is 12.8 Å². The summed E-state index contributed by atoms with van der Waals surface area (Å²) in [6.45, 7) is 3.13. The number of hydrogen-bond acceptors (Lipinski definition) is 3. The number of sulfonamides is 1. The fourth-order valence-electron chi connectivity index (χ4n) is 2.06. The largest absolute Gasteiger partial charge is 0.258 e. The third-order valence-electron chi connectivity index (χ3n) is 3.07. The zero-order chi connectivity index (χ0) is 15.8. The van der Waals surface area contributed by atoms with Gasteiger partial charge in [0, 0.05) is 12.6 Å². The molecule has 0 atom stereocenters. The maximum absolute atomic E-state index is 14.1. The zero-order valence-electron chi connectivity index (χ0n) is 11.8. The van der Waals surface area contributed by atoms with Gasteiger partial charge in [-0.3, -0.25) is 4.68 Å². The monoisotopic (exact) mass is 331 g/mol. The summed E-state index contributed by atoms with van der Waals surface area (Å²) in [4.78, 5) is 0. The minimum absolute atomic E-state index is 0.00184. The molecule has 8 heteroatoms. The van der Waals surface area contributed by atoms with E-state index in [1.807, 2.05) is 0 Å². The normalized spacial score (nSPS) is 12.6. The van der Waals surface area contributed by atoms with Crippen molar-refractivity contribution in [3.8, 4) is 0 Å². The van der Waals surface area contributed by atoms with E-state index in [0.29, 0.717) is 0 Å². The molecule has 0 unspecified atom stereocenters. The summed E-state index contributed by atoms with van der Waals surface area (Å²) in [5.74, 6) is -0.642. The van der Waals surface area contributed by atoms with Crippen LogP contribution >= 0.6 is 11.6 Å². The van der Waals surface area contributed by atoms with E-state index in [1.54, 1.807) is 19.9 Å². The van der Waals surface area contributed by atoms with Crippen molar-refractivity contribution in [3.63, 3.8) is 0 Å². The number of nitrogens with zero attached hydrogens (tertiary/aromatic N) is 2. The lowest BCUT2D eigenvalue weighted by atomic mass is 9.95. The molecule has 1 heterocycles. The van der Waals surface area contributed by atoms with Crippen LogP contribution < -0.4 is 4.72 Å². The molecular weight excluding hydrogens is 317 g/mol. The summed E-state index contributed by atoms with van der Waals surface area (Å²) in [6.07, 6.45) is 1.38. The van der Waals surface area contributed by atoms with Crippen LogP contribution in [0.25, 0.3) is 0 Å². The van der Waals surface area contributed by atoms with E-state index in [2.05, 4.69) is 9.82 Å². The van der Waals surface area contributed by atoms with Gasteiger partial charge in [0.2, 0.25) is 0 Å². The Kier molecular flexibility index (Phi) is 4.10. The highest BCUT2D eigenvalue weighted by Gasteiger charge is 2.32. The highest BCUT2D eigenvalue weighted by atomic mass is 35.5. The third-order valence-corrected chi connectivity index (χ3v) is 5.09. The fourth-order valence-corrected chi connectivity index (χ4v) is 3.75. The van der Waals surface area contributed by atoms with Crippen LogP contribution in [0.2, 0.25) is 5.02 Å². The Morgan fingerprint density at radius 2 is 2.00 bits per heavy atom. The van der Waals surface area contributed by atoms with E-state index >= 15 is 0 Å². The van der Waals surface area contributed by atoms with Gasteiger partial charge in [-0.25, -0.2) is 12.8 Å². The van der Waals surface area contributed by atoms with Crippen LogP contribution in [-0.4, -0.2) is 18.2 Å². The molecule has 0 radical (unpaired) electrons. The lowest BCUT2D eigenvalue weighted by molar-refractivity contribution is 0.443. The second-order valence-corrected chi connectivity index (χ2v) is 7.16. The van der Waals surface area contributed by atoms with Gasteiger partial charge in [-0.2, -0.15) is 9.82 Å². The smallest absolute Gasteiger partial charge is 0.256 e. The van der Waals surface area contributed by atoms with Crippen molar-refractivity contribution in [2.75, 3.05) is 0 Å². The summed E-state index contributed by atoms with van der Waals surface area (Å²) in [6, 6.07) is 5.84. The van der Waals surface area contributed by atoms with Gasteiger partial charge in [0.1, 0.15) is 5.82 Å². The zero-order valence-corrected chi connectivity index (χ0v) is 13.3. The van der Waals surface area contributed by atoms with Crippen LogP contribution in [-0.2, 0) is 22.6 Å². The standard InChI is InChI=1S/C13H15ClFN3O2S/c1-13(2,9-5-4-6-10(14)12(9)15)17-21(19,20)11-7-8-16-18(11)3/h4-8,17H,1-3H3. The van der Waals surface area contributed by atoms with Gasteiger partial charge in [-0.15, -0.1) is 0 Å². The first kappa shape index (κ1) is 15.9. The predicted octanol–water partition coefficient (Wildman–Crippen LogP) is 2.43. The molecule has 1 aromatic carbocycles. The molecular formula is C13H15ClFN3O2S. The molecule has 114 valence electrons. The molecule has 2 rings (SSSR count). The van der Waals surface area contributed by atoms with E-state index < -0.39 is 21.4 Å². The molecule has 0 spiro atoms. The van der Waals surface area contributed by atoms with Crippen LogP contribution in [0.5, 0.6) is 0 Å². The van der Waals surface area contributed by atoms with Crippen LogP contribution in [0.1, 0.15) is 19.4 Å². The number of halogens is 2. The molecule has 0 saturated carbocycles. The fraction of sp³-hybridized carbons (Fsp3) is 0.308. The minimum atomic E-state index is -3.84. The highest BCUT2D eigenvalue weighted by Crippen LogP contribution is 2.28. The van der Waals surface area contributed by atoms with Crippen molar-refractivity contribution in [2.45, 2.75) is 24.4 Å². The predicted molar refractivity (Wildman–Crippen MR) is 78.0 cm³/mol. The molecule has 1 aromatic heterocycles. The van der Waals surface area contributed by atoms with E-state index in [9.17, 15) is 12.8 Å². The summed E-state index contributed by atoms with van der Waals surface area (Å²) in [7, 11) is -2.33. The molecule has 0 aliphatic rings. The molecule has 0 bridgehead atoms. The molecule has 0 saturated heterocycles. The first-order chi connectivity index (χ1) is 9.65. The van der Waals surface area contributed by atoms with E-state index in [1.165, 1.54) is 36.1 Å². The van der Waals surface area contributed by atoms with Crippen molar-refractivity contribution in [1.82, 2.24) is 14.5 Å². The number of benzene rings is 1. The Labute approximate surface area is 127 Å². The summed E-state index contributed by atoms with van der Waals surface area (Å²) in [5.41, 5.74) is -1.00. The Balaban J connectivity index is 2.42. The van der Waals surface area contributed by atoms with Gasteiger partial charge in [-0.1, -0.05) is 23.7 Å². The SMILES string of the molecule is Cn1nccc1S(=O)(=O)NC(C)(C)c1cccc(Cl)c1F. The Bertz CT molecular complexity index is 771. The van der Waals surface area contributed by atoms with Crippen LogP contribution in [0.3, 0.4) is 0 Å². The Morgan fingerprint density at radius 3 is 2.57 bits per heavy atom.